The van der Waals surface area contributed by atoms with Gasteiger partial charge in [-0.2, -0.15) is 0 Å². The summed E-state index contributed by atoms with van der Waals surface area (Å²) in [5.74, 6) is -0.0509. The van der Waals surface area contributed by atoms with Gasteiger partial charge in [0.15, 0.2) is 0 Å². The molecule has 1 aromatic rings. The standard InChI is InChI=1S/C7H7O5P.2Na/c8-7(9)13(10,11)12-6-4-2-1-3-5-6;;/h1-5H,(H,8,9)(H,10,11);;/q;2*+1/p-2. The minimum absolute atomic E-state index is 0. The maximum absolute atomic E-state index is 10.6. The summed E-state index contributed by atoms with van der Waals surface area (Å²) < 4.78 is 14.8. The van der Waals surface area contributed by atoms with Gasteiger partial charge >= 0.3 is 59.1 Å². The summed E-state index contributed by atoms with van der Waals surface area (Å²) in [6.45, 7) is 0. The Kier molecular flexibility index (Phi) is 9.48. The summed E-state index contributed by atoms with van der Waals surface area (Å²) in [6, 6.07) is 7.33. The fraction of sp³-hybridized carbons (Fsp3) is 0. The fourth-order valence-electron chi connectivity index (χ4n) is 0.657. The molecule has 0 aromatic heterocycles. The number of para-hydroxylation sites is 1. The smallest absolute Gasteiger partial charge is 0.765 e. The van der Waals surface area contributed by atoms with E-state index in [2.05, 4.69) is 4.52 Å². The van der Waals surface area contributed by atoms with Gasteiger partial charge in [0.1, 0.15) is 11.5 Å². The summed E-state index contributed by atoms with van der Waals surface area (Å²) in [6.07, 6.45) is 0. The number of carboxylic acid groups (broad SMARTS) is 1. The maximum atomic E-state index is 10.6. The molecule has 1 unspecified atom stereocenters. The number of hydrogen-bond donors (Lipinski definition) is 0. The van der Waals surface area contributed by atoms with Crippen LogP contribution in [-0.4, -0.2) is 5.71 Å². The molecule has 0 bridgehead atoms. The van der Waals surface area contributed by atoms with Crippen LogP contribution in [0.1, 0.15) is 0 Å². The van der Waals surface area contributed by atoms with Crippen LogP contribution in [0.3, 0.4) is 0 Å². The molecule has 0 fully saturated rings. The molecule has 0 aliphatic heterocycles. The quantitative estimate of drug-likeness (QED) is 0.391. The Labute approximate surface area is 131 Å². The predicted molar refractivity (Wildman–Crippen MR) is 40.1 cm³/mol. The van der Waals surface area contributed by atoms with Gasteiger partial charge in [0.25, 0.3) is 0 Å². The third-order valence-corrected chi connectivity index (χ3v) is 2.09. The number of benzene rings is 1. The zero-order valence-corrected chi connectivity index (χ0v) is 13.3. The first-order chi connectivity index (χ1) is 6.02. The van der Waals surface area contributed by atoms with Crippen LogP contribution in [0.15, 0.2) is 30.3 Å². The molecule has 0 N–H and O–H groups in total. The number of carbonyl (C=O) groups is 1. The molecular weight excluding hydrogens is 241 g/mol. The van der Waals surface area contributed by atoms with Gasteiger partial charge in [-0.15, -0.1) is 0 Å². The second kappa shape index (κ2) is 7.87. The van der Waals surface area contributed by atoms with E-state index in [1.807, 2.05) is 0 Å². The predicted octanol–water partition coefficient (Wildman–Crippen LogP) is -6.03. The molecule has 1 aromatic carbocycles. The van der Waals surface area contributed by atoms with E-state index < -0.39 is 13.3 Å². The van der Waals surface area contributed by atoms with Crippen LogP contribution >= 0.6 is 7.60 Å². The van der Waals surface area contributed by atoms with Crippen LogP contribution in [0, 0.1) is 0 Å². The summed E-state index contributed by atoms with van der Waals surface area (Å²) >= 11 is 0. The van der Waals surface area contributed by atoms with Gasteiger partial charge in [-0.05, 0) is 12.1 Å². The molecule has 15 heavy (non-hydrogen) atoms. The van der Waals surface area contributed by atoms with Gasteiger partial charge in [0, 0.05) is 0 Å². The van der Waals surface area contributed by atoms with E-state index in [1.165, 1.54) is 24.3 Å². The van der Waals surface area contributed by atoms with Gasteiger partial charge in [0.05, 0.1) is 0 Å². The van der Waals surface area contributed by atoms with Crippen LogP contribution in [0.4, 0.5) is 4.79 Å². The van der Waals surface area contributed by atoms with Crippen molar-refractivity contribution in [1.82, 2.24) is 0 Å². The molecule has 1 rings (SSSR count). The first kappa shape index (κ1) is 18.1. The van der Waals surface area contributed by atoms with Crippen LogP contribution in [0.25, 0.3) is 0 Å². The fourth-order valence-corrected chi connectivity index (χ4v) is 1.13. The Bertz CT molecular complexity index is 356. The van der Waals surface area contributed by atoms with Crippen LogP contribution in [0.2, 0.25) is 0 Å². The average molecular weight is 246 g/mol. The minimum atomic E-state index is -4.93. The van der Waals surface area contributed by atoms with Crippen LogP contribution in [0.5, 0.6) is 5.75 Å². The van der Waals surface area contributed by atoms with E-state index in [1.54, 1.807) is 6.07 Å². The molecular formula is C7H5Na2O5P. The van der Waals surface area contributed by atoms with Crippen molar-refractivity contribution < 1.29 is 83.0 Å². The second-order valence-corrected chi connectivity index (χ2v) is 3.71. The van der Waals surface area contributed by atoms with E-state index in [-0.39, 0.29) is 64.9 Å². The van der Waals surface area contributed by atoms with Gasteiger partial charge in [-0.25, -0.2) is 0 Å². The monoisotopic (exact) mass is 246 g/mol. The number of rotatable bonds is 3. The van der Waals surface area contributed by atoms with E-state index in [0.717, 1.165) is 0 Å². The first-order valence-electron chi connectivity index (χ1n) is 3.29. The molecule has 0 radical (unpaired) electrons. The van der Waals surface area contributed by atoms with E-state index in [4.69, 9.17) is 0 Å². The average Bonchev–Trinajstić information content (AvgIpc) is 2.05. The van der Waals surface area contributed by atoms with Crippen molar-refractivity contribution in [3.8, 4) is 5.75 Å². The van der Waals surface area contributed by atoms with Crippen molar-refractivity contribution in [3.05, 3.63) is 30.3 Å². The topological polar surface area (TPSA) is 89.5 Å². The summed E-state index contributed by atoms with van der Waals surface area (Å²) in [7, 11) is -4.93. The van der Waals surface area contributed by atoms with Crippen molar-refractivity contribution in [2.24, 2.45) is 0 Å². The molecule has 0 aliphatic carbocycles. The van der Waals surface area contributed by atoms with Crippen LogP contribution < -0.4 is 73.6 Å². The second-order valence-electron chi connectivity index (χ2n) is 2.17. The van der Waals surface area contributed by atoms with Crippen molar-refractivity contribution >= 4 is 13.3 Å². The SMILES string of the molecule is O=C([O-])P(=O)([O-])Oc1ccccc1.[Na+].[Na+]. The summed E-state index contributed by atoms with van der Waals surface area (Å²) in [4.78, 5) is 20.7. The molecule has 70 valence electrons. The molecule has 0 spiro atoms. The van der Waals surface area contributed by atoms with E-state index in [0.29, 0.717) is 0 Å². The van der Waals surface area contributed by atoms with Gasteiger partial charge < -0.3 is 19.3 Å². The Morgan fingerprint density at radius 2 is 1.67 bits per heavy atom. The molecule has 8 heteroatoms. The third kappa shape index (κ3) is 6.09. The number of carbonyl (C=O) groups excluding carboxylic acids is 1. The normalized spacial score (nSPS) is 12.6. The summed E-state index contributed by atoms with van der Waals surface area (Å²) in [5.41, 5.74) is -2.23. The molecule has 0 amide bonds. The van der Waals surface area contributed by atoms with Crippen molar-refractivity contribution in [1.29, 1.82) is 0 Å². The van der Waals surface area contributed by atoms with Gasteiger partial charge in [0.2, 0.25) is 7.60 Å². The molecule has 1 atom stereocenters. The first-order valence-corrected chi connectivity index (χ1v) is 4.84. The number of hydrogen-bond acceptors (Lipinski definition) is 5. The Morgan fingerprint density at radius 1 is 1.20 bits per heavy atom. The van der Waals surface area contributed by atoms with Crippen molar-refractivity contribution in [3.63, 3.8) is 0 Å². The summed E-state index contributed by atoms with van der Waals surface area (Å²) in [5, 5.41) is 10.0. The maximum Gasteiger partial charge on any atom is 1.00 e. The van der Waals surface area contributed by atoms with Crippen molar-refractivity contribution in [2.45, 2.75) is 0 Å². The largest absolute Gasteiger partial charge is 1.00 e. The Hall–Kier alpha value is 0.680. The van der Waals surface area contributed by atoms with E-state index in [9.17, 15) is 19.4 Å². The molecule has 5 nitrogen and oxygen atoms in total. The van der Waals surface area contributed by atoms with Gasteiger partial charge in [-0.3, -0.25) is 4.57 Å². The molecule has 0 heterocycles. The van der Waals surface area contributed by atoms with Crippen molar-refractivity contribution in [2.75, 3.05) is 0 Å². The van der Waals surface area contributed by atoms with Crippen LogP contribution in [-0.2, 0) is 4.57 Å². The Morgan fingerprint density at radius 3 is 2.07 bits per heavy atom. The molecule has 0 aliphatic rings. The zero-order chi connectivity index (χ0) is 9.90. The minimum Gasteiger partial charge on any atom is -0.765 e. The molecule has 0 saturated heterocycles. The molecule has 0 saturated carbocycles. The Balaban J connectivity index is 0. The van der Waals surface area contributed by atoms with E-state index >= 15 is 0 Å². The zero-order valence-electron chi connectivity index (χ0n) is 8.38. The van der Waals surface area contributed by atoms with Gasteiger partial charge in [-0.1, -0.05) is 18.2 Å². The third-order valence-electron chi connectivity index (χ3n) is 1.19.